The molecule has 144 valence electrons. The maximum Gasteiger partial charge on any atom is 0.421 e. The minimum absolute atomic E-state index is 0.103. The lowest BCUT2D eigenvalue weighted by atomic mass is 10.1. The number of nitrogens with zero attached hydrogens (tertiary/aromatic N) is 4. The lowest BCUT2D eigenvalue weighted by molar-refractivity contribution is -0.140. The first-order valence-electron chi connectivity index (χ1n) is 8.27. The number of pyridine rings is 2. The van der Waals surface area contributed by atoms with E-state index in [1.807, 2.05) is 0 Å². The first-order chi connectivity index (χ1) is 13.4. The number of alkyl halides is 3. The second-order valence-corrected chi connectivity index (χ2v) is 6.12. The van der Waals surface area contributed by atoms with Gasteiger partial charge in [-0.05, 0) is 24.3 Å². The maximum atomic E-state index is 13.0. The molecule has 3 aromatic rings. The topological polar surface area (TPSA) is 81.4 Å². The van der Waals surface area contributed by atoms with Crippen LogP contribution < -0.4 is 4.74 Å². The van der Waals surface area contributed by atoms with Crippen molar-refractivity contribution in [3.8, 4) is 17.2 Å². The van der Waals surface area contributed by atoms with Crippen LogP contribution in [0.25, 0.3) is 11.3 Å². The summed E-state index contributed by atoms with van der Waals surface area (Å²) in [7, 11) is 0. The SMILES string of the molecule is O=C(c1cc(-c2cccnc2)on1)N1CC(Oc2ncccc2C(F)(F)F)C1. The third-order valence-electron chi connectivity index (χ3n) is 4.17. The fourth-order valence-corrected chi connectivity index (χ4v) is 2.72. The van der Waals surface area contributed by atoms with Gasteiger partial charge in [0.05, 0.1) is 13.1 Å². The summed E-state index contributed by atoms with van der Waals surface area (Å²) in [6.45, 7) is 0.254. The molecule has 0 saturated carbocycles. The molecule has 0 unspecified atom stereocenters. The van der Waals surface area contributed by atoms with Crippen LogP contribution in [0.1, 0.15) is 16.1 Å². The van der Waals surface area contributed by atoms with E-state index in [9.17, 15) is 18.0 Å². The molecule has 4 heterocycles. The van der Waals surface area contributed by atoms with Gasteiger partial charge in [-0.25, -0.2) is 4.98 Å². The van der Waals surface area contributed by atoms with Gasteiger partial charge in [0.15, 0.2) is 11.5 Å². The number of halogens is 3. The van der Waals surface area contributed by atoms with Gasteiger partial charge in [0.2, 0.25) is 5.88 Å². The average molecular weight is 390 g/mol. The number of carbonyl (C=O) groups is 1. The van der Waals surface area contributed by atoms with Gasteiger partial charge in [-0.1, -0.05) is 5.16 Å². The predicted octanol–water partition coefficient (Wildman–Crippen LogP) is 3.05. The number of hydrogen-bond acceptors (Lipinski definition) is 6. The van der Waals surface area contributed by atoms with Crippen LogP contribution in [0.4, 0.5) is 13.2 Å². The van der Waals surface area contributed by atoms with Gasteiger partial charge >= 0.3 is 6.18 Å². The van der Waals surface area contributed by atoms with Crippen molar-refractivity contribution < 1.29 is 27.2 Å². The molecule has 1 aliphatic heterocycles. The number of hydrogen-bond donors (Lipinski definition) is 0. The van der Waals surface area contributed by atoms with Gasteiger partial charge in [-0.2, -0.15) is 13.2 Å². The van der Waals surface area contributed by atoms with Crippen molar-refractivity contribution in [3.63, 3.8) is 0 Å². The van der Waals surface area contributed by atoms with Crippen LogP contribution in [0.15, 0.2) is 53.4 Å². The molecule has 1 fully saturated rings. The average Bonchev–Trinajstić information content (AvgIpc) is 3.14. The zero-order valence-corrected chi connectivity index (χ0v) is 14.3. The largest absolute Gasteiger partial charge is 0.470 e. The molecule has 4 rings (SSSR count). The Labute approximate surface area is 156 Å². The summed E-state index contributed by atoms with van der Waals surface area (Å²) < 4.78 is 49.4. The lowest BCUT2D eigenvalue weighted by Gasteiger charge is -2.38. The zero-order valence-electron chi connectivity index (χ0n) is 14.3. The number of ether oxygens (including phenoxy) is 1. The van der Waals surface area contributed by atoms with E-state index in [1.165, 1.54) is 23.2 Å². The van der Waals surface area contributed by atoms with Gasteiger partial charge < -0.3 is 14.2 Å². The molecule has 0 aliphatic carbocycles. The highest BCUT2D eigenvalue weighted by atomic mass is 19.4. The minimum atomic E-state index is -4.56. The van der Waals surface area contributed by atoms with Crippen molar-refractivity contribution in [1.29, 1.82) is 0 Å². The van der Waals surface area contributed by atoms with Crippen LogP contribution >= 0.6 is 0 Å². The van der Waals surface area contributed by atoms with Gasteiger partial charge in [-0.3, -0.25) is 9.78 Å². The number of amides is 1. The Balaban J connectivity index is 1.39. The first-order valence-corrected chi connectivity index (χ1v) is 8.27. The van der Waals surface area contributed by atoms with E-state index >= 15 is 0 Å². The van der Waals surface area contributed by atoms with Crippen molar-refractivity contribution in [3.05, 3.63) is 60.2 Å². The van der Waals surface area contributed by atoms with E-state index < -0.39 is 29.6 Å². The van der Waals surface area contributed by atoms with E-state index in [0.29, 0.717) is 11.3 Å². The summed E-state index contributed by atoms with van der Waals surface area (Å²) in [5, 5.41) is 3.75. The van der Waals surface area contributed by atoms with Crippen LogP contribution in [0.2, 0.25) is 0 Å². The second-order valence-electron chi connectivity index (χ2n) is 6.12. The summed E-state index contributed by atoms with van der Waals surface area (Å²) in [5.41, 5.74) is -0.169. The van der Waals surface area contributed by atoms with Crippen molar-refractivity contribution in [2.45, 2.75) is 12.3 Å². The smallest absolute Gasteiger partial charge is 0.421 e. The molecule has 7 nitrogen and oxygen atoms in total. The highest BCUT2D eigenvalue weighted by Gasteiger charge is 2.39. The van der Waals surface area contributed by atoms with Gasteiger partial charge in [-0.15, -0.1) is 0 Å². The van der Waals surface area contributed by atoms with Crippen molar-refractivity contribution in [1.82, 2.24) is 20.0 Å². The van der Waals surface area contributed by atoms with Crippen LogP contribution in [-0.2, 0) is 6.18 Å². The third kappa shape index (κ3) is 3.53. The molecule has 10 heteroatoms. The Morgan fingerprint density at radius 3 is 2.71 bits per heavy atom. The number of carbonyl (C=O) groups excluding carboxylic acids is 1. The van der Waals surface area contributed by atoms with Crippen LogP contribution in [0.5, 0.6) is 5.88 Å². The van der Waals surface area contributed by atoms with Crippen LogP contribution in [-0.4, -0.2) is 45.1 Å². The van der Waals surface area contributed by atoms with E-state index in [2.05, 4.69) is 15.1 Å². The summed E-state index contributed by atoms with van der Waals surface area (Å²) in [6.07, 6.45) is -0.733. The highest BCUT2D eigenvalue weighted by molar-refractivity contribution is 5.93. The molecule has 0 spiro atoms. The Hall–Kier alpha value is -3.43. The Morgan fingerprint density at radius 1 is 1.21 bits per heavy atom. The van der Waals surface area contributed by atoms with Gasteiger partial charge in [0.25, 0.3) is 5.91 Å². The fraction of sp³-hybridized carbons (Fsp3) is 0.222. The molecule has 0 aromatic carbocycles. The number of rotatable bonds is 4. The molecular formula is C18H13F3N4O3. The normalized spacial score (nSPS) is 14.6. The van der Waals surface area contributed by atoms with E-state index in [0.717, 1.165) is 6.07 Å². The van der Waals surface area contributed by atoms with Gasteiger partial charge in [0.1, 0.15) is 11.7 Å². The predicted molar refractivity (Wildman–Crippen MR) is 89.3 cm³/mol. The second kappa shape index (κ2) is 6.95. The summed E-state index contributed by atoms with van der Waals surface area (Å²) in [5.74, 6) is -0.490. The molecule has 1 aliphatic rings. The van der Waals surface area contributed by atoms with Crippen LogP contribution in [0.3, 0.4) is 0 Å². The zero-order chi connectivity index (χ0) is 19.7. The minimum Gasteiger partial charge on any atom is -0.470 e. The van der Waals surface area contributed by atoms with E-state index in [-0.39, 0.29) is 18.8 Å². The standard InChI is InChI=1S/C18H13F3N4O3/c19-18(20,21)13-4-2-6-23-16(13)27-12-9-25(10-12)17(26)14-7-15(28-24-14)11-3-1-5-22-8-11/h1-8,12H,9-10H2. The fourth-order valence-electron chi connectivity index (χ4n) is 2.72. The molecule has 0 atom stereocenters. The third-order valence-corrected chi connectivity index (χ3v) is 4.17. The van der Waals surface area contributed by atoms with Crippen LogP contribution in [0, 0.1) is 0 Å². The molecule has 1 saturated heterocycles. The molecule has 0 N–H and O–H groups in total. The molecule has 0 bridgehead atoms. The molecule has 1 amide bonds. The molecule has 0 radical (unpaired) electrons. The quantitative estimate of drug-likeness (QED) is 0.681. The van der Waals surface area contributed by atoms with Crippen molar-refractivity contribution in [2.75, 3.05) is 13.1 Å². The molecule has 28 heavy (non-hydrogen) atoms. The summed E-state index contributed by atoms with van der Waals surface area (Å²) >= 11 is 0. The molecule has 3 aromatic heterocycles. The number of aromatic nitrogens is 3. The maximum absolute atomic E-state index is 13.0. The Kier molecular flexibility index (Phi) is 4.46. The Morgan fingerprint density at radius 2 is 2.00 bits per heavy atom. The first kappa shape index (κ1) is 18.0. The Bertz CT molecular complexity index is 985. The van der Waals surface area contributed by atoms with Gasteiger partial charge in [0, 0.05) is 30.2 Å². The summed E-state index contributed by atoms with van der Waals surface area (Å²) in [6, 6.07) is 7.08. The summed E-state index contributed by atoms with van der Waals surface area (Å²) in [4.78, 5) is 21.5. The molecular weight excluding hydrogens is 377 g/mol. The highest BCUT2D eigenvalue weighted by Crippen LogP contribution is 2.35. The van der Waals surface area contributed by atoms with E-state index in [4.69, 9.17) is 9.26 Å². The van der Waals surface area contributed by atoms with E-state index in [1.54, 1.807) is 24.5 Å². The van der Waals surface area contributed by atoms with Crippen molar-refractivity contribution in [2.24, 2.45) is 0 Å². The lowest BCUT2D eigenvalue weighted by Crippen LogP contribution is -2.56. The van der Waals surface area contributed by atoms with Crippen molar-refractivity contribution >= 4 is 5.91 Å². The monoisotopic (exact) mass is 390 g/mol. The number of likely N-dealkylation sites (tertiary alicyclic amines) is 1.